The smallest absolute Gasteiger partial charge is 0.401 e. The number of hydrogen-bond acceptors (Lipinski definition) is 3. The maximum Gasteiger partial charge on any atom is 0.401 e. The molecular weight excluding hydrogens is 261 g/mol. The summed E-state index contributed by atoms with van der Waals surface area (Å²) in [5.41, 5.74) is -0.788. The van der Waals surface area contributed by atoms with Crippen molar-refractivity contribution < 1.29 is 23.1 Å². The summed E-state index contributed by atoms with van der Waals surface area (Å²) in [6, 6.07) is 0. The number of carboxylic acids is 1. The molecule has 0 unspecified atom stereocenters. The maximum atomic E-state index is 12.4. The summed E-state index contributed by atoms with van der Waals surface area (Å²) < 4.78 is 37.3. The summed E-state index contributed by atoms with van der Waals surface area (Å²) in [7, 11) is 1.68. The van der Waals surface area contributed by atoms with Crippen LogP contribution in [0.3, 0.4) is 0 Å². The van der Waals surface area contributed by atoms with Gasteiger partial charge in [-0.15, -0.1) is 0 Å². The summed E-state index contributed by atoms with van der Waals surface area (Å²) >= 11 is 0. The lowest BCUT2D eigenvalue weighted by Gasteiger charge is -2.39. The van der Waals surface area contributed by atoms with Crippen LogP contribution in [0.2, 0.25) is 0 Å². The molecule has 1 fully saturated rings. The van der Waals surface area contributed by atoms with Crippen LogP contribution in [0.25, 0.3) is 0 Å². The molecule has 7 heteroatoms. The van der Waals surface area contributed by atoms with E-state index >= 15 is 0 Å². The number of hydrogen-bond donors (Lipinski definition) is 2. The van der Waals surface area contributed by atoms with Gasteiger partial charge in [-0.05, 0) is 32.9 Å². The van der Waals surface area contributed by atoms with Gasteiger partial charge in [0.25, 0.3) is 0 Å². The van der Waals surface area contributed by atoms with Crippen molar-refractivity contribution in [1.82, 2.24) is 10.2 Å². The number of rotatable bonds is 8. The number of alkyl halides is 3. The van der Waals surface area contributed by atoms with Gasteiger partial charge in [-0.3, -0.25) is 9.69 Å². The highest BCUT2D eigenvalue weighted by molar-refractivity contribution is 5.75. The molecule has 0 aliphatic heterocycles. The van der Waals surface area contributed by atoms with E-state index in [1.54, 1.807) is 7.05 Å². The number of halogens is 3. The van der Waals surface area contributed by atoms with E-state index in [0.29, 0.717) is 25.8 Å². The molecule has 112 valence electrons. The molecule has 0 aromatic heterocycles. The second-order valence-electron chi connectivity index (χ2n) is 5.18. The zero-order valence-corrected chi connectivity index (χ0v) is 11.1. The highest BCUT2D eigenvalue weighted by atomic mass is 19.4. The average Bonchev–Trinajstić information content (AvgIpc) is 2.21. The normalized spacial score (nSPS) is 18.4. The predicted molar refractivity (Wildman–Crippen MR) is 65.0 cm³/mol. The first kappa shape index (κ1) is 16.2. The van der Waals surface area contributed by atoms with E-state index in [4.69, 9.17) is 5.11 Å². The van der Waals surface area contributed by atoms with Gasteiger partial charge in [-0.2, -0.15) is 13.2 Å². The van der Waals surface area contributed by atoms with E-state index in [2.05, 4.69) is 5.32 Å². The van der Waals surface area contributed by atoms with Crippen LogP contribution in [-0.4, -0.2) is 55.4 Å². The van der Waals surface area contributed by atoms with Gasteiger partial charge >= 0.3 is 12.1 Å². The van der Waals surface area contributed by atoms with Crippen molar-refractivity contribution >= 4 is 5.97 Å². The third-order valence-electron chi connectivity index (χ3n) is 3.75. The van der Waals surface area contributed by atoms with Crippen LogP contribution in [0.15, 0.2) is 0 Å². The van der Waals surface area contributed by atoms with E-state index < -0.39 is 24.1 Å². The largest absolute Gasteiger partial charge is 0.481 e. The molecule has 0 heterocycles. The maximum absolute atomic E-state index is 12.4. The van der Waals surface area contributed by atoms with E-state index in [1.807, 2.05) is 0 Å². The standard InChI is InChI=1S/C12H21F3N2O2/c1-16-6-8-17(9-12(13,14)15)7-5-11(10(18)19)3-2-4-11/h16H,2-9H2,1H3,(H,18,19). The molecule has 1 aliphatic carbocycles. The van der Waals surface area contributed by atoms with Crippen LogP contribution in [0.4, 0.5) is 13.2 Å². The third kappa shape index (κ3) is 4.99. The van der Waals surface area contributed by atoms with Crippen molar-refractivity contribution in [3.8, 4) is 0 Å². The van der Waals surface area contributed by atoms with Crippen LogP contribution in [0, 0.1) is 5.41 Å². The Kier molecular flexibility index (Phi) is 5.61. The highest BCUT2D eigenvalue weighted by Gasteiger charge is 2.44. The number of carboxylic acid groups (broad SMARTS) is 1. The quantitative estimate of drug-likeness (QED) is 0.711. The fraction of sp³-hybridized carbons (Fsp3) is 0.917. The average molecular weight is 282 g/mol. The zero-order valence-electron chi connectivity index (χ0n) is 11.1. The molecule has 0 saturated heterocycles. The topological polar surface area (TPSA) is 52.6 Å². The van der Waals surface area contributed by atoms with Gasteiger partial charge in [-0.25, -0.2) is 0 Å². The van der Waals surface area contributed by atoms with E-state index in [-0.39, 0.29) is 13.1 Å². The molecule has 4 nitrogen and oxygen atoms in total. The Morgan fingerprint density at radius 1 is 1.37 bits per heavy atom. The summed E-state index contributed by atoms with van der Waals surface area (Å²) in [4.78, 5) is 12.4. The molecule has 1 aliphatic rings. The first-order valence-corrected chi connectivity index (χ1v) is 6.46. The number of nitrogens with zero attached hydrogens (tertiary/aromatic N) is 1. The van der Waals surface area contributed by atoms with E-state index in [1.165, 1.54) is 4.90 Å². The van der Waals surface area contributed by atoms with Crippen molar-refractivity contribution in [2.24, 2.45) is 5.41 Å². The summed E-state index contributed by atoms with van der Waals surface area (Å²) in [6.45, 7) is -0.0836. The second kappa shape index (κ2) is 6.56. The van der Waals surface area contributed by atoms with Gasteiger partial charge in [0.2, 0.25) is 0 Å². The summed E-state index contributed by atoms with van der Waals surface area (Å²) in [5, 5.41) is 12.0. The van der Waals surface area contributed by atoms with Crippen LogP contribution >= 0.6 is 0 Å². The number of likely N-dealkylation sites (N-methyl/N-ethyl adjacent to an activating group) is 1. The molecule has 0 radical (unpaired) electrons. The van der Waals surface area contributed by atoms with Gasteiger partial charge in [0.1, 0.15) is 0 Å². The molecule has 0 aromatic carbocycles. The van der Waals surface area contributed by atoms with Crippen LogP contribution < -0.4 is 5.32 Å². The molecule has 2 N–H and O–H groups in total. The van der Waals surface area contributed by atoms with Crippen molar-refractivity contribution in [3.63, 3.8) is 0 Å². The van der Waals surface area contributed by atoms with Gasteiger partial charge < -0.3 is 10.4 Å². The van der Waals surface area contributed by atoms with Crippen molar-refractivity contribution in [1.29, 1.82) is 0 Å². The Bertz CT molecular complexity index is 304. The fourth-order valence-electron chi connectivity index (χ4n) is 2.34. The Morgan fingerprint density at radius 2 is 2.00 bits per heavy atom. The first-order chi connectivity index (χ1) is 8.79. The summed E-state index contributed by atoms with van der Waals surface area (Å²) in [5.74, 6) is -0.876. The molecule has 1 saturated carbocycles. The van der Waals surface area contributed by atoms with Crippen molar-refractivity contribution in [2.75, 3.05) is 33.2 Å². The minimum Gasteiger partial charge on any atom is -0.481 e. The number of carbonyl (C=O) groups is 1. The lowest BCUT2D eigenvalue weighted by atomic mass is 9.66. The second-order valence-corrected chi connectivity index (χ2v) is 5.18. The lowest BCUT2D eigenvalue weighted by molar-refractivity contribution is -0.157. The number of aliphatic carboxylic acids is 1. The molecule has 1 rings (SSSR count). The molecule has 0 aromatic rings. The SMILES string of the molecule is CNCCN(CCC1(C(=O)O)CCC1)CC(F)(F)F. The van der Waals surface area contributed by atoms with Crippen LogP contribution in [0.5, 0.6) is 0 Å². The summed E-state index contributed by atoms with van der Waals surface area (Å²) in [6.07, 6.45) is -1.95. The van der Waals surface area contributed by atoms with Crippen LogP contribution in [-0.2, 0) is 4.79 Å². The number of nitrogens with one attached hydrogen (secondary N) is 1. The Morgan fingerprint density at radius 3 is 2.37 bits per heavy atom. The Hall–Kier alpha value is -0.820. The fourth-order valence-corrected chi connectivity index (χ4v) is 2.34. The van der Waals surface area contributed by atoms with Gasteiger partial charge in [-0.1, -0.05) is 6.42 Å². The minimum atomic E-state index is -4.25. The molecule has 0 spiro atoms. The van der Waals surface area contributed by atoms with Gasteiger partial charge in [0.15, 0.2) is 0 Å². The Labute approximate surface area is 111 Å². The molecule has 0 atom stereocenters. The van der Waals surface area contributed by atoms with Gasteiger partial charge in [0, 0.05) is 13.1 Å². The predicted octanol–water partition coefficient (Wildman–Crippen LogP) is 1.72. The van der Waals surface area contributed by atoms with E-state index in [9.17, 15) is 18.0 Å². The monoisotopic (exact) mass is 282 g/mol. The van der Waals surface area contributed by atoms with E-state index in [0.717, 1.165) is 6.42 Å². The molecular formula is C12H21F3N2O2. The Balaban J connectivity index is 2.49. The molecule has 0 amide bonds. The lowest BCUT2D eigenvalue weighted by Crippen LogP contribution is -2.44. The zero-order chi connectivity index (χ0) is 14.5. The molecule has 19 heavy (non-hydrogen) atoms. The van der Waals surface area contributed by atoms with Crippen LogP contribution in [0.1, 0.15) is 25.7 Å². The van der Waals surface area contributed by atoms with Crippen molar-refractivity contribution in [2.45, 2.75) is 31.9 Å². The first-order valence-electron chi connectivity index (χ1n) is 6.46. The minimum absolute atomic E-state index is 0.174. The highest BCUT2D eigenvalue weighted by Crippen LogP contribution is 2.44. The molecule has 0 bridgehead atoms. The van der Waals surface area contributed by atoms with Crippen molar-refractivity contribution in [3.05, 3.63) is 0 Å². The third-order valence-corrected chi connectivity index (χ3v) is 3.75. The van der Waals surface area contributed by atoms with Gasteiger partial charge in [0.05, 0.1) is 12.0 Å².